The molecule has 0 atom stereocenters. The number of nitrogens with one attached hydrogen (secondary N) is 2. The van der Waals surface area contributed by atoms with E-state index >= 15 is 0 Å². The molecule has 0 aliphatic rings. The van der Waals surface area contributed by atoms with Gasteiger partial charge in [0.25, 0.3) is 11.8 Å². The van der Waals surface area contributed by atoms with Gasteiger partial charge in [0.05, 0.1) is 0 Å². The molecule has 6 nitrogen and oxygen atoms in total. The molecule has 0 unspecified atom stereocenters. The summed E-state index contributed by atoms with van der Waals surface area (Å²) in [5, 5.41) is 0. The van der Waals surface area contributed by atoms with Crippen molar-refractivity contribution in [2.45, 2.75) is 13.8 Å². The average Bonchev–Trinajstić information content (AvgIpc) is 2.95. The number of hydrogen-bond acceptors (Lipinski definition) is 4. The van der Waals surface area contributed by atoms with E-state index in [2.05, 4.69) is 26.8 Å². The summed E-state index contributed by atoms with van der Waals surface area (Å²) in [6.45, 7) is 3.48. The maximum atomic E-state index is 11.7. The fourth-order valence-electron chi connectivity index (χ4n) is 1.83. The van der Waals surface area contributed by atoms with E-state index in [-0.39, 0.29) is 6.61 Å². The molecule has 0 saturated carbocycles. The van der Waals surface area contributed by atoms with Gasteiger partial charge in [-0.3, -0.25) is 20.4 Å². The fourth-order valence-corrected chi connectivity index (χ4v) is 2.30. The highest BCUT2D eigenvalue weighted by Gasteiger charge is 2.06. The highest BCUT2D eigenvalue weighted by Crippen LogP contribution is 2.21. The number of amides is 2. The normalized spacial score (nSPS) is 10.6. The number of carbonyl (C=O) groups is 2. The lowest BCUT2D eigenvalue weighted by molar-refractivity contribution is -0.128. The minimum Gasteiger partial charge on any atom is -0.483 e. The van der Waals surface area contributed by atoms with Crippen LogP contribution >= 0.6 is 15.9 Å². The molecule has 2 aromatic rings. The Morgan fingerprint density at radius 2 is 2.00 bits per heavy atom. The minimum atomic E-state index is -0.475. The van der Waals surface area contributed by atoms with Crippen molar-refractivity contribution in [2.24, 2.45) is 0 Å². The molecule has 0 saturated heterocycles. The second-order valence-electron chi connectivity index (χ2n) is 5.02. The van der Waals surface area contributed by atoms with Crippen molar-refractivity contribution >= 4 is 33.8 Å². The first-order valence-electron chi connectivity index (χ1n) is 7.16. The highest BCUT2D eigenvalue weighted by atomic mass is 79.9. The van der Waals surface area contributed by atoms with Crippen molar-refractivity contribution in [1.82, 2.24) is 10.9 Å². The topological polar surface area (TPSA) is 80.6 Å². The smallest absolute Gasteiger partial charge is 0.276 e. The molecule has 1 aromatic heterocycles. The third-order valence-corrected chi connectivity index (χ3v) is 3.47. The van der Waals surface area contributed by atoms with Gasteiger partial charge < -0.3 is 9.15 Å². The van der Waals surface area contributed by atoms with Crippen LogP contribution in [0.25, 0.3) is 6.08 Å². The maximum Gasteiger partial charge on any atom is 0.276 e. The number of furan rings is 1. The van der Waals surface area contributed by atoms with Crippen molar-refractivity contribution in [3.05, 3.63) is 58.0 Å². The van der Waals surface area contributed by atoms with Crippen LogP contribution < -0.4 is 15.6 Å². The van der Waals surface area contributed by atoms with Gasteiger partial charge in [-0.1, -0.05) is 15.9 Å². The summed E-state index contributed by atoms with van der Waals surface area (Å²) in [6.07, 6.45) is 2.77. The van der Waals surface area contributed by atoms with E-state index in [1.807, 2.05) is 26.0 Å². The summed E-state index contributed by atoms with van der Waals surface area (Å²) in [6, 6.07) is 9.01. The minimum absolute atomic E-state index is 0.205. The lowest BCUT2D eigenvalue weighted by Gasteiger charge is -2.09. The van der Waals surface area contributed by atoms with Crippen molar-refractivity contribution in [1.29, 1.82) is 0 Å². The predicted molar refractivity (Wildman–Crippen MR) is 93.1 cm³/mol. The molecular formula is C17H17BrN2O4. The number of hydrogen-bond donors (Lipinski definition) is 2. The summed E-state index contributed by atoms with van der Waals surface area (Å²) < 4.78 is 11.6. The van der Waals surface area contributed by atoms with Gasteiger partial charge in [-0.15, -0.1) is 0 Å². The fraction of sp³-hybridized carbons (Fsp3) is 0.176. The molecule has 0 aliphatic carbocycles. The summed E-state index contributed by atoms with van der Waals surface area (Å²) in [4.78, 5) is 23.3. The maximum absolute atomic E-state index is 11.7. The molecule has 2 N–H and O–H groups in total. The number of carbonyl (C=O) groups excluding carboxylic acids is 2. The van der Waals surface area contributed by atoms with E-state index in [1.165, 1.54) is 12.2 Å². The summed E-state index contributed by atoms with van der Waals surface area (Å²) >= 11 is 3.35. The lowest BCUT2D eigenvalue weighted by atomic mass is 10.2. The van der Waals surface area contributed by atoms with Gasteiger partial charge >= 0.3 is 0 Å². The number of benzene rings is 1. The molecule has 1 aromatic carbocycles. The molecule has 0 fully saturated rings. The van der Waals surface area contributed by atoms with E-state index in [0.29, 0.717) is 11.5 Å². The molecule has 7 heteroatoms. The van der Waals surface area contributed by atoms with Crippen molar-refractivity contribution in [2.75, 3.05) is 6.61 Å². The Balaban J connectivity index is 1.74. The average molecular weight is 393 g/mol. The highest BCUT2D eigenvalue weighted by molar-refractivity contribution is 9.10. The summed E-state index contributed by atoms with van der Waals surface area (Å²) in [7, 11) is 0. The van der Waals surface area contributed by atoms with Crippen LogP contribution in [0.15, 0.2) is 45.3 Å². The monoisotopic (exact) mass is 392 g/mol. The quantitative estimate of drug-likeness (QED) is 0.605. The van der Waals surface area contributed by atoms with E-state index in [0.717, 1.165) is 15.8 Å². The molecule has 1 heterocycles. The molecule has 2 amide bonds. The SMILES string of the molecule is Cc1ccc(/C=C/C(=O)NNC(=O)COc2ccc(Br)cc2C)o1. The first-order valence-corrected chi connectivity index (χ1v) is 7.95. The van der Waals surface area contributed by atoms with E-state index in [1.54, 1.807) is 18.2 Å². The van der Waals surface area contributed by atoms with Gasteiger partial charge in [-0.25, -0.2) is 0 Å². The van der Waals surface area contributed by atoms with E-state index < -0.39 is 11.8 Å². The Morgan fingerprint density at radius 3 is 2.67 bits per heavy atom. The van der Waals surface area contributed by atoms with Crippen LogP contribution in [0.3, 0.4) is 0 Å². The van der Waals surface area contributed by atoms with Gasteiger partial charge in [0.15, 0.2) is 6.61 Å². The Morgan fingerprint density at radius 1 is 1.21 bits per heavy atom. The molecule has 0 spiro atoms. The first-order chi connectivity index (χ1) is 11.4. The molecule has 0 bridgehead atoms. The van der Waals surface area contributed by atoms with Gasteiger partial charge in [0, 0.05) is 10.5 Å². The number of aryl methyl sites for hydroxylation is 2. The Hall–Kier alpha value is -2.54. The molecule has 2 rings (SSSR count). The van der Waals surface area contributed by atoms with Gasteiger partial charge in [-0.2, -0.15) is 0 Å². The predicted octanol–water partition coefficient (Wildman–Crippen LogP) is 2.90. The van der Waals surface area contributed by atoms with Crippen molar-refractivity contribution < 1.29 is 18.7 Å². The Bertz CT molecular complexity index is 768. The van der Waals surface area contributed by atoms with Crippen LogP contribution in [0.2, 0.25) is 0 Å². The van der Waals surface area contributed by atoms with Crippen LogP contribution in [-0.2, 0) is 9.59 Å². The molecule has 0 radical (unpaired) electrons. The Kier molecular flexibility index (Phi) is 6.20. The number of rotatable bonds is 5. The van der Waals surface area contributed by atoms with Crippen molar-refractivity contribution in [3.63, 3.8) is 0 Å². The molecule has 24 heavy (non-hydrogen) atoms. The number of ether oxygens (including phenoxy) is 1. The first kappa shape index (κ1) is 17.8. The third-order valence-electron chi connectivity index (χ3n) is 2.98. The zero-order valence-electron chi connectivity index (χ0n) is 13.3. The number of hydrazine groups is 1. The van der Waals surface area contributed by atoms with Gasteiger partial charge in [0.2, 0.25) is 0 Å². The second-order valence-corrected chi connectivity index (χ2v) is 5.93. The van der Waals surface area contributed by atoms with Gasteiger partial charge in [0.1, 0.15) is 17.3 Å². The summed E-state index contributed by atoms with van der Waals surface area (Å²) in [5.74, 6) is 0.977. The van der Waals surface area contributed by atoms with E-state index in [4.69, 9.17) is 9.15 Å². The Labute approximate surface area is 148 Å². The third kappa shape index (κ3) is 5.58. The van der Waals surface area contributed by atoms with Crippen molar-refractivity contribution in [3.8, 4) is 5.75 Å². The zero-order valence-corrected chi connectivity index (χ0v) is 14.8. The van der Waals surface area contributed by atoms with Gasteiger partial charge in [-0.05, 0) is 55.8 Å². The molecule has 126 valence electrons. The lowest BCUT2D eigenvalue weighted by Crippen LogP contribution is -2.43. The van der Waals surface area contributed by atoms with Crippen LogP contribution in [0, 0.1) is 13.8 Å². The number of halogens is 1. The van der Waals surface area contributed by atoms with Crippen LogP contribution in [0.5, 0.6) is 5.75 Å². The van der Waals surface area contributed by atoms with Crippen LogP contribution in [0.1, 0.15) is 17.1 Å². The standard InChI is InChI=1S/C17H17BrN2O4/c1-11-9-13(18)4-7-15(11)23-10-17(22)20-19-16(21)8-6-14-5-3-12(2)24-14/h3-9H,10H2,1-2H3,(H,19,21)(H,20,22)/b8-6+. The largest absolute Gasteiger partial charge is 0.483 e. The molecule has 0 aliphatic heterocycles. The zero-order chi connectivity index (χ0) is 17.5. The molecular weight excluding hydrogens is 376 g/mol. The summed E-state index contributed by atoms with van der Waals surface area (Å²) in [5.41, 5.74) is 5.44. The van der Waals surface area contributed by atoms with Crippen LogP contribution in [-0.4, -0.2) is 18.4 Å². The second kappa shape index (κ2) is 8.35. The van der Waals surface area contributed by atoms with Crippen LogP contribution in [0.4, 0.5) is 0 Å². The van der Waals surface area contributed by atoms with E-state index in [9.17, 15) is 9.59 Å².